The number of hydrogen-bond donors (Lipinski definition) is 1. The molecule has 0 aliphatic carbocycles. The van der Waals surface area contributed by atoms with Gasteiger partial charge in [0.2, 0.25) is 0 Å². The Bertz CT molecular complexity index is 450. The highest BCUT2D eigenvalue weighted by Crippen LogP contribution is 2.17. The average Bonchev–Trinajstić information content (AvgIpc) is 2.40. The van der Waals surface area contributed by atoms with Crippen LogP contribution in [0.5, 0.6) is 0 Å². The van der Waals surface area contributed by atoms with Crippen molar-refractivity contribution in [2.24, 2.45) is 0 Å². The molecule has 0 saturated heterocycles. The van der Waals surface area contributed by atoms with E-state index in [0.29, 0.717) is 0 Å². The summed E-state index contributed by atoms with van der Waals surface area (Å²) in [6.07, 6.45) is 3.05. The van der Waals surface area contributed by atoms with Crippen molar-refractivity contribution in [1.29, 1.82) is 0 Å². The molecule has 2 aromatic rings. The van der Waals surface area contributed by atoms with E-state index in [1.165, 1.54) is 5.56 Å². The zero-order chi connectivity index (χ0) is 12.1. The Balaban J connectivity index is 2.08. The van der Waals surface area contributed by atoms with Gasteiger partial charge in [0.1, 0.15) is 0 Å². The molecule has 0 bridgehead atoms. The van der Waals surface area contributed by atoms with E-state index in [-0.39, 0.29) is 6.10 Å². The van der Waals surface area contributed by atoms with Crippen molar-refractivity contribution < 1.29 is 5.11 Å². The molecule has 0 aliphatic rings. The Labute approximate surface area is 102 Å². The van der Waals surface area contributed by atoms with Crippen LogP contribution in [0.1, 0.15) is 36.3 Å². The first-order valence-corrected chi connectivity index (χ1v) is 5.96. The minimum absolute atomic E-state index is 0.348. The second kappa shape index (κ2) is 5.60. The highest BCUT2D eigenvalue weighted by Gasteiger charge is 2.04. The molecule has 17 heavy (non-hydrogen) atoms. The summed E-state index contributed by atoms with van der Waals surface area (Å²) in [5.74, 6) is 0. The molecule has 1 aromatic carbocycles. The normalized spacial score (nSPS) is 12.4. The quantitative estimate of drug-likeness (QED) is 0.870. The third-order valence-corrected chi connectivity index (χ3v) is 2.86. The lowest BCUT2D eigenvalue weighted by Crippen LogP contribution is -1.96. The zero-order valence-corrected chi connectivity index (χ0v) is 10.0. The number of nitrogens with zero attached hydrogens (tertiary/aromatic N) is 1. The molecular weight excluding hydrogens is 210 g/mol. The second-order valence-electron chi connectivity index (χ2n) is 4.16. The maximum absolute atomic E-state index is 9.70. The van der Waals surface area contributed by atoms with Gasteiger partial charge in [0.05, 0.1) is 6.10 Å². The Morgan fingerprint density at radius 1 is 1.12 bits per heavy atom. The molecule has 2 heteroatoms. The number of rotatable bonds is 4. The highest BCUT2D eigenvalue weighted by molar-refractivity contribution is 5.27. The monoisotopic (exact) mass is 227 g/mol. The summed E-state index contributed by atoms with van der Waals surface area (Å²) in [6.45, 7) is 1.98. The standard InChI is InChI=1S/C15H17NO/c1-2-15(17)13-8-6-12(7-9-13)11-14-5-3-4-10-16-14/h3-10,15,17H,2,11H2,1H3. The molecule has 1 unspecified atom stereocenters. The Kier molecular flexibility index (Phi) is 3.89. The molecule has 2 rings (SSSR count). The van der Waals surface area contributed by atoms with Crippen molar-refractivity contribution in [2.45, 2.75) is 25.9 Å². The minimum atomic E-state index is -0.348. The number of hydrogen-bond acceptors (Lipinski definition) is 2. The van der Waals surface area contributed by atoms with Crippen LogP contribution in [-0.2, 0) is 6.42 Å². The molecule has 0 aliphatic heterocycles. The first kappa shape index (κ1) is 11.8. The Morgan fingerprint density at radius 3 is 2.47 bits per heavy atom. The van der Waals surface area contributed by atoms with E-state index in [1.807, 2.05) is 43.5 Å². The molecule has 0 fully saturated rings. The average molecular weight is 227 g/mol. The van der Waals surface area contributed by atoms with Crippen molar-refractivity contribution in [1.82, 2.24) is 4.98 Å². The van der Waals surface area contributed by atoms with Crippen LogP contribution in [0.25, 0.3) is 0 Å². The fourth-order valence-electron chi connectivity index (χ4n) is 1.81. The molecule has 0 radical (unpaired) electrons. The van der Waals surface area contributed by atoms with Crippen LogP contribution >= 0.6 is 0 Å². The van der Waals surface area contributed by atoms with Crippen LogP contribution in [-0.4, -0.2) is 10.1 Å². The number of benzene rings is 1. The van der Waals surface area contributed by atoms with Gasteiger partial charge in [-0.15, -0.1) is 0 Å². The van der Waals surface area contributed by atoms with Gasteiger partial charge in [-0.05, 0) is 29.7 Å². The van der Waals surface area contributed by atoms with Crippen LogP contribution < -0.4 is 0 Å². The van der Waals surface area contributed by atoms with E-state index in [9.17, 15) is 5.11 Å². The number of aliphatic hydroxyl groups is 1. The molecule has 1 heterocycles. The van der Waals surface area contributed by atoms with E-state index in [0.717, 1.165) is 24.1 Å². The summed E-state index contributed by atoms with van der Waals surface area (Å²) < 4.78 is 0. The van der Waals surface area contributed by atoms with Gasteiger partial charge in [0.15, 0.2) is 0 Å². The molecule has 88 valence electrons. The SMILES string of the molecule is CCC(O)c1ccc(Cc2ccccn2)cc1. The summed E-state index contributed by atoms with van der Waals surface area (Å²) in [6, 6.07) is 14.0. The van der Waals surface area contributed by atoms with Gasteiger partial charge in [-0.1, -0.05) is 37.3 Å². The van der Waals surface area contributed by atoms with Crippen molar-refractivity contribution in [3.05, 3.63) is 65.5 Å². The van der Waals surface area contributed by atoms with Gasteiger partial charge in [0.25, 0.3) is 0 Å². The van der Waals surface area contributed by atoms with Gasteiger partial charge in [-0.3, -0.25) is 4.98 Å². The summed E-state index contributed by atoms with van der Waals surface area (Å²) >= 11 is 0. The summed E-state index contributed by atoms with van der Waals surface area (Å²) in [5, 5.41) is 9.70. The van der Waals surface area contributed by atoms with Crippen molar-refractivity contribution in [3.63, 3.8) is 0 Å². The lowest BCUT2D eigenvalue weighted by molar-refractivity contribution is 0.173. The number of pyridine rings is 1. The molecule has 0 spiro atoms. The Hall–Kier alpha value is -1.67. The van der Waals surface area contributed by atoms with Crippen LogP contribution in [0.15, 0.2) is 48.7 Å². The first-order chi connectivity index (χ1) is 8.29. The van der Waals surface area contributed by atoms with Gasteiger partial charge in [-0.2, -0.15) is 0 Å². The third-order valence-electron chi connectivity index (χ3n) is 2.86. The maximum Gasteiger partial charge on any atom is 0.0787 e. The molecular formula is C15H17NO. The largest absolute Gasteiger partial charge is 0.388 e. The maximum atomic E-state index is 9.70. The molecule has 0 saturated carbocycles. The first-order valence-electron chi connectivity index (χ1n) is 5.96. The van der Waals surface area contributed by atoms with Crippen LogP contribution in [0.4, 0.5) is 0 Å². The van der Waals surface area contributed by atoms with Crippen molar-refractivity contribution >= 4 is 0 Å². The second-order valence-corrected chi connectivity index (χ2v) is 4.16. The van der Waals surface area contributed by atoms with Gasteiger partial charge in [0, 0.05) is 18.3 Å². The van der Waals surface area contributed by atoms with Crippen LogP contribution in [0.3, 0.4) is 0 Å². The fourth-order valence-corrected chi connectivity index (χ4v) is 1.81. The number of aliphatic hydroxyl groups excluding tert-OH is 1. The van der Waals surface area contributed by atoms with E-state index in [4.69, 9.17) is 0 Å². The molecule has 1 aromatic heterocycles. The fraction of sp³-hybridized carbons (Fsp3) is 0.267. The smallest absolute Gasteiger partial charge is 0.0787 e. The van der Waals surface area contributed by atoms with E-state index < -0.39 is 0 Å². The van der Waals surface area contributed by atoms with E-state index in [1.54, 1.807) is 0 Å². The predicted octanol–water partition coefficient (Wildman–Crippen LogP) is 3.12. The van der Waals surface area contributed by atoms with Gasteiger partial charge in [-0.25, -0.2) is 0 Å². The topological polar surface area (TPSA) is 33.1 Å². The number of aromatic nitrogens is 1. The Morgan fingerprint density at radius 2 is 1.88 bits per heavy atom. The van der Waals surface area contributed by atoms with Gasteiger partial charge < -0.3 is 5.11 Å². The summed E-state index contributed by atoms with van der Waals surface area (Å²) in [4.78, 5) is 4.30. The van der Waals surface area contributed by atoms with Crippen LogP contribution in [0, 0.1) is 0 Å². The molecule has 2 nitrogen and oxygen atoms in total. The zero-order valence-electron chi connectivity index (χ0n) is 10.0. The summed E-state index contributed by atoms with van der Waals surface area (Å²) in [7, 11) is 0. The third kappa shape index (κ3) is 3.14. The highest BCUT2D eigenvalue weighted by atomic mass is 16.3. The van der Waals surface area contributed by atoms with Crippen molar-refractivity contribution in [2.75, 3.05) is 0 Å². The van der Waals surface area contributed by atoms with Crippen molar-refractivity contribution in [3.8, 4) is 0 Å². The minimum Gasteiger partial charge on any atom is -0.388 e. The van der Waals surface area contributed by atoms with E-state index >= 15 is 0 Å². The lowest BCUT2D eigenvalue weighted by Gasteiger charge is -2.08. The summed E-state index contributed by atoms with van der Waals surface area (Å²) in [5.41, 5.74) is 3.27. The lowest BCUT2D eigenvalue weighted by atomic mass is 10.0. The molecule has 1 atom stereocenters. The van der Waals surface area contributed by atoms with E-state index in [2.05, 4.69) is 17.1 Å². The molecule has 1 N–H and O–H groups in total. The van der Waals surface area contributed by atoms with Gasteiger partial charge >= 0.3 is 0 Å². The van der Waals surface area contributed by atoms with Crippen LogP contribution in [0.2, 0.25) is 0 Å². The predicted molar refractivity (Wildman–Crippen MR) is 68.7 cm³/mol. The molecule has 0 amide bonds.